The molecule has 1 heterocycles. The molecule has 0 bridgehead atoms. The van der Waals surface area contributed by atoms with Gasteiger partial charge in [-0.25, -0.2) is 0 Å². The maximum atomic E-state index is 12.5. The second-order valence-corrected chi connectivity index (χ2v) is 7.27. The molecule has 0 radical (unpaired) electrons. The molecule has 1 aromatic carbocycles. The van der Waals surface area contributed by atoms with Crippen LogP contribution in [0.15, 0.2) is 24.3 Å². The van der Waals surface area contributed by atoms with Crippen molar-refractivity contribution in [3.63, 3.8) is 0 Å². The molecule has 1 saturated carbocycles. The average Bonchev–Trinajstić information content (AvgIpc) is 2.80. The number of hydrogen-bond acceptors (Lipinski definition) is 4. The van der Waals surface area contributed by atoms with Crippen LogP contribution in [-0.2, 0) is 16.0 Å². The molecule has 2 N–H and O–H groups in total. The molecule has 0 spiro atoms. The number of aryl methyl sites for hydroxylation is 1. The maximum Gasteiger partial charge on any atom is 0.224 e. The van der Waals surface area contributed by atoms with E-state index in [1.54, 1.807) is 0 Å². The smallest absolute Gasteiger partial charge is 0.224 e. The van der Waals surface area contributed by atoms with Crippen molar-refractivity contribution in [2.24, 2.45) is 0 Å². The molecular weight excluding hydrogens is 316 g/mol. The molecule has 3 atom stereocenters. The summed E-state index contributed by atoms with van der Waals surface area (Å²) in [6.07, 6.45) is 3.85. The summed E-state index contributed by atoms with van der Waals surface area (Å²) in [4.78, 5) is 14.9. The second-order valence-electron chi connectivity index (χ2n) is 7.27. The Morgan fingerprint density at radius 1 is 1.24 bits per heavy atom. The van der Waals surface area contributed by atoms with Crippen LogP contribution in [0.2, 0.25) is 0 Å². The molecule has 0 unspecified atom stereocenters. The van der Waals surface area contributed by atoms with E-state index in [0.29, 0.717) is 6.42 Å². The van der Waals surface area contributed by atoms with E-state index in [9.17, 15) is 9.90 Å². The number of rotatable bonds is 4. The van der Waals surface area contributed by atoms with E-state index in [1.807, 2.05) is 31.2 Å². The summed E-state index contributed by atoms with van der Waals surface area (Å²) in [6, 6.07) is 7.93. The van der Waals surface area contributed by atoms with Gasteiger partial charge in [-0.1, -0.05) is 37.1 Å². The van der Waals surface area contributed by atoms with Crippen molar-refractivity contribution in [1.29, 1.82) is 0 Å². The van der Waals surface area contributed by atoms with E-state index >= 15 is 0 Å². The molecule has 25 heavy (non-hydrogen) atoms. The van der Waals surface area contributed by atoms with Crippen molar-refractivity contribution in [3.8, 4) is 0 Å². The standard InChI is InChI=1S/C20H30N2O3/c1-15-6-2-3-7-16(15)14-19(23)21-17-8-4-5-9-18(20(17)24)22-10-12-25-13-11-22/h2-3,6-7,17-18,20,24H,4-5,8-14H2,1H3,(H,21,23)/t17-,18-,20-/m1/s1. The Balaban J connectivity index is 1.61. The van der Waals surface area contributed by atoms with Gasteiger partial charge in [0.15, 0.2) is 0 Å². The molecule has 2 aliphatic rings. The molecule has 0 aromatic heterocycles. The van der Waals surface area contributed by atoms with Crippen molar-refractivity contribution < 1.29 is 14.6 Å². The molecule has 1 amide bonds. The lowest BCUT2D eigenvalue weighted by atomic mass is 9.99. The minimum Gasteiger partial charge on any atom is -0.389 e. The number of hydrogen-bond donors (Lipinski definition) is 2. The predicted octanol–water partition coefficient (Wildman–Crippen LogP) is 1.66. The molecule has 2 fully saturated rings. The van der Waals surface area contributed by atoms with Crippen molar-refractivity contribution in [1.82, 2.24) is 10.2 Å². The number of aliphatic hydroxyl groups is 1. The molecule has 1 aromatic rings. The van der Waals surface area contributed by atoms with Gasteiger partial charge in [-0.2, -0.15) is 0 Å². The summed E-state index contributed by atoms with van der Waals surface area (Å²) in [5, 5.41) is 14.0. The van der Waals surface area contributed by atoms with Crippen molar-refractivity contribution in [2.75, 3.05) is 26.3 Å². The summed E-state index contributed by atoms with van der Waals surface area (Å²) in [5.41, 5.74) is 2.18. The Kier molecular flexibility index (Phi) is 6.45. The van der Waals surface area contributed by atoms with Crippen molar-refractivity contribution in [2.45, 2.75) is 57.2 Å². The number of nitrogens with one attached hydrogen (secondary N) is 1. The summed E-state index contributed by atoms with van der Waals surface area (Å²) in [6.45, 7) is 5.22. The number of amides is 1. The van der Waals surface area contributed by atoms with Gasteiger partial charge < -0.3 is 15.2 Å². The fourth-order valence-corrected chi connectivity index (χ4v) is 4.03. The monoisotopic (exact) mass is 346 g/mol. The highest BCUT2D eigenvalue weighted by Crippen LogP contribution is 2.24. The lowest BCUT2D eigenvalue weighted by molar-refractivity contribution is -0.122. The van der Waals surface area contributed by atoms with Crippen molar-refractivity contribution in [3.05, 3.63) is 35.4 Å². The Labute approximate surface area is 150 Å². The van der Waals surface area contributed by atoms with E-state index in [-0.39, 0.29) is 18.0 Å². The van der Waals surface area contributed by atoms with Crippen LogP contribution < -0.4 is 5.32 Å². The Morgan fingerprint density at radius 3 is 2.72 bits per heavy atom. The van der Waals surface area contributed by atoms with Gasteiger partial charge >= 0.3 is 0 Å². The third-order valence-corrected chi connectivity index (χ3v) is 5.54. The van der Waals surface area contributed by atoms with E-state index in [4.69, 9.17) is 4.74 Å². The largest absolute Gasteiger partial charge is 0.389 e. The highest BCUT2D eigenvalue weighted by Gasteiger charge is 2.35. The molecule has 1 aliphatic heterocycles. The lowest BCUT2D eigenvalue weighted by Gasteiger charge is -2.38. The van der Waals surface area contributed by atoms with Gasteiger partial charge in [0.1, 0.15) is 0 Å². The molecule has 5 heteroatoms. The molecule has 1 aliphatic carbocycles. The lowest BCUT2D eigenvalue weighted by Crippen LogP contribution is -2.55. The maximum absolute atomic E-state index is 12.5. The summed E-state index contributed by atoms with van der Waals surface area (Å²) < 4.78 is 5.43. The van der Waals surface area contributed by atoms with Crippen LogP contribution in [0.1, 0.15) is 36.8 Å². The van der Waals surface area contributed by atoms with Crippen LogP contribution in [0.3, 0.4) is 0 Å². The molecular formula is C20H30N2O3. The summed E-state index contributed by atoms with van der Waals surface area (Å²) in [5.74, 6) is 0.000905. The van der Waals surface area contributed by atoms with Crippen LogP contribution in [0.5, 0.6) is 0 Å². The normalized spacial score (nSPS) is 28.3. The van der Waals surface area contributed by atoms with E-state index in [2.05, 4.69) is 10.2 Å². The molecule has 3 rings (SSSR count). The highest BCUT2D eigenvalue weighted by molar-refractivity contribution is 5.79. The van der Waals surface area contributed by atoms with Gasteiger partial charge in [0.25, 0.3) is 0 Å². The van der Waals surface area contributed by atoms with E-state index in [0.717, 1.165) is 63.1 Å². The van der Waals surface area contributed by atoms with Gasteiger partial charge in [0.2, 0.25) is 5.91 Å². The average molecular weight is 346 g/mol. The third-order valence-electron chi connectivity index (χ3n) is 5.54. The van der Waals surface area contributed by atoms with E-state index in [1.165, 1.54) is 0 Å². The predicted molar refractivity (Wildman–Crippen MR) is 97.5 cm³/mol. The van der Waals surface area contributed by atoms with Crippen LogP contribution in [0.4, 0.5) is 0 Å². The number of aliphatic hydroxyl groups excluding tert-OH is 1. The molecule has 1 saturated heterocycles. The zero-order chi connectivity index (χ0) is 17.6. The fourth-order valence-electron chi connectivity index (χ4n) is 4.03. The first-order chi connectivity index (χ1) is 12.1. The van der Waals surface area contributed by atoms with E-state index < -0.39 is 6.10 Å². The molecule has 138 valence electrons. The number of carbonyl (C=O) groups excluding carboxylic acids is 1. The highest BCUT2D eigenvalue weighted by atomic mass is 16.5. The Hall–Kier alpha value is -1.43. The number of morpholine rings is 1. The quantitative estimate of drug-likeness (QED) is 0.814. The number of carbonyl (C=O) groups is 1. The van der Waals surface area contributed by atoms with Gasteiger partial charge in [0, 0.05) is 19.1 Å². The van der Waals surface area contributed by atoms with Crippen molar-refractivity contribution >= 4 is 5.91 Å². The van der Waals surface area contributed by atoms with Gasteiger partial charge in [-0.05, 0) is 30.9 Å². The van der Waals surface area contributed by atoms with Crippen LogP contribution in [0, 0.1) is 6.92 Å². The Bertz CT molecular complexity index is 572. The molecule has 5 nitrogen and oxygen atoms in total. The number of ether oxygens (including phenoxy) is 1. The first-order valence-electron chi connectivity index (χ1n) is 9.49. The minimum absolute atomic E-state index is 0.000905. The van der Waals surface area contributed by atoms with Gasteiger partial charge in [-0.15, -0.1) is 0 Å². The number of nitrogens with zero attached hydrogens (tertiary/aromatic N) is 1. The summed E-state index contributed by atoms with van der Waals surface area (Å²) in [7, 11) is 0. The first-order valence-corrected chi connectivity index (χ1v) is 9.49. The van der Waals surface area contributed by atoms with Crippen LogP contribution >= 0.6 is 0 Å². The SMILES string of the molecule is Cc1ccccc1CC(=O)N[C@@H]1CCCC[C@@H](N2CCOCC2)[C@@H]1O. The van der Waals surface area contributed by atoms with Gasteiger partial charge in [-0.3, -0.25) is 9.69 Å². The zero-order valence-electron chi connectivity index (χ0n) is 15.1. The Morgan fingerprint density at radius 2 is 1.96 bits per heavy atom. The van der Waals surface area contributed by atoms with Crippen LogP contribution in [-0.4, -0.2) is 60.4 Å². The second kappa shape index (κ2) is 8.79. The fraction of sp³-hybridized carbons (Fsp3) is 0.650. The van der Waals surface area contributed by atoms with Crippen LogP contribution in [0.25, 0.3) is 0 Å². The number of benzene rings is 1. The zero-order valence-corrected chi connectivity index (χ0v) is 15.1. The minimum atomic E-state index is -0.513. The summed E-state index contributed by atoms with van der Waals surface area (Å²) >= 11 is 0. The first kappa shape index (κ1) is 18.4. The third kappa shape index (κ3) is 4.81. The topological polar surface area (TPSA) is 61.8 Å². The van der Waals surface area contributed by atoms with Gasteiger partial charge in [0.05, 0.1) is 31.8 Å².